The van der Waals surface area contributed by atoms with E-state index in [0.717, 1.165) is 23.3 Å². The quantitative estimate of drug-likeness (QED) is 0.622. The number of anilines is 1. The minimum Gasteiger partial charge on any atom is -0.381 e. The van der Waals surface area contributed by atoms with Crippen LogP contribution in [-0.4, -0.2) is 20.4 Å². The summed E-state index contributed by atoms with van der Waals surface area (Å²) in [7, 11) is 0. The first kappa shape index (κ1) is 8.96. The van der Waals surface area contributed by atoms with Gasteiger partial charge in [-0.15, -0.1) is 0 Å². The number of hydrogen-bond acceptors (Lipinski definition) is 3. The van der Waals surface area contributed by atoms with Crippen LogP contribution in [-0.2, 0) is 6.54 Å². The van der Waals surface area contributed by atoms with Crippen LogP contribution in [0, 0.1) is 0 Å². The Morgan fingerprint density at radius 3 is 2.94 bits per heavy atom. The van der Waals surface area contributed by atoms with E-state index in [1.807, 2.05) is 36.7 Å². The minimum absolute atomic E-state index is 0.798. The summed E-state index contributed by atoms with van der Waals surface area (Å²) in [5.41, 5.74) is 4.02. The van der Waals surface area contributed by atoms with Crippen molar-refractivity contribution in [2.75, 3.05) is 5.32 Å². The van der Waals surface area contributed by atoms with Gasteiger partial charge >= 0.3 is 0 Å². The van der Waals surface area contributed by atoms with Gasteiger partial charge in [-0.2, -0.15) is 15.4 Å². The molecule has 0 atom stereocenters. The predicted octanol–water partition coefficient (Wildman–Crippen LogP) is 1.90. The van der Waals surface area contributed by atoms with Crippen LogP contribution >= 0.6 is 0 Å². The molecule has 5 nitrogen and oxygen atoms in total. The highest BCUT2D eigenvalue weighted by Gasteiger charge is 1.99. The number of nitrogens with one attached hydrogen (secondary N) is 3. The summed E-state index contributed by atoms with van der Waals surface area (Å²) in [6, 6.07) is 7.96. The van der Waals surface area contributed by atoms with E-state index in [2.05, 4.69) is 25.7 Å². The van der Waals surface area contributed by atoms with Crippen molar-refractivity contribution in [1.82, 2.24) is 20.4 Å². The summed E-state index contributed by atoms with van der Waals surface area (Å²) in [6.45, 7) is 0.798. The third-order valence-electron chi connectivity index (χ3n) is 2.48. The van der Waals surface area contributed by atoms with Crippen molar-refractivity contribution in [2.24, 2.45) is 0 Å². The van der Waals surface area contributed by atoms with Crippen LogP contribution in [0.2, 0.25) is 0 Å². The zero-order valence-electron chi connectivity index (χ0n) is 8.57. The number of hydrogen-bond donors (Lipinski definition) is 3. The molecule has 0 aliphatic heterocycles. The number of aromatic nitrogens is 4. The molecule has 16 heavy (non-hydrogen) atoms. The van der Waals surface area contributed by atoms with Gasteiger partial charge < -0.3 is 10.3 Å². The Morgan fingerprint density at radius 1 is 1.12 bits per heavy atom. The molecule has 3 N–H and O–H groups in total. The third-order valence-corrected chi connectivity index (χ3v) is 2.48. The molecule has 0 spiro atoms. The first-order valence-electron chi connectivity index (χ1n) is 5.08. The van der Waals surface area contributed by atoms with Crippen molar-refractivity contribution < 1.29 is 0 Å². The van der Waals surface area contributed by atoms with Gasteiger partial charge in [0.25, 0.3) is 0 Å². The van der Waals surface area contributed by atoms with Gasteiger partial charge in [0.05, 0.1) is 0 Å². The third kappa shape index (κ3) is 1.63. The fourth-order valence-electron chi connectivity index (χ4n) is 1.62. The molecule has 0 aliphatic rings. The van der Waals surface area contributed by atoms with E-state index in [-0.39, 0.29) is 0 Å². The maximum atomic E-state index is 4.04. The minimum atomic E-state index is 0.798. The molecule has 0 aliphatic carbocycles. The molecule has 5 heteroatoms. The van der Waals surface area contributed by atoms with Crippen LogP contribution < -0.4 is 5.32 Å². The van der Waals surface area contributed by atoms with Crippen molar-refractivity contribution in [1.29, 1.82) is 0 Å². The monoisotopic (exact) mass is 213 g/mol. The van der Waals surface area contributed by atoms with E-state index in [9.17, 15) is 0 Å². The Kier molecular flexibility index (Phi) is 2.07. The van der Waals surface area contributed by atoms with Crippen LogP contribution in [0.5, 0.6) is 0 Å². The first-order chi connectivity index (χ1) is 7.92. The van der Waals surface area contributed by atoms with E-state index in [4.69, 9.17) is 0 Å². The van der Waals surface area contributed by atoms with Crippen molar-refractivity contribution in [3.8, 4) is 0 Å². The lowest BCUT2D eigenvalue weighted by Crippen LogP contribution is -1.97. The molecule has 2 heterocycles. The Labute approximate surface area is 91.9 Å². The van der Waals surface area contributed by atoms with Crippen molar-refractivity contribution in [3.63, 3.8) is 0 Å². The van der Waals surface area contributed by atoms with Gasteiger partial charge in [-0.05, 0) is 29.8 Å². The molecule has 0 saturated heterocycles. The summed E-state index contributed by atoms with van der Waals surface area (Å²) < 4.78 is 0. The Balaban J connectivity index is 1.78. The van der Waals surface area contributed by atoms with E-state index in [0.29, 0.717) is 0 Å². The Hall–Kier alpha value is -2.30. The molecule has 3 aromatic rings. The second-order valence-electron chi connectivity index (χ2n) is 3.60. The van der Waals surface area contributed by atoms with E-state index in [1.54, 1.807) is 0 Å². The lowest BCUT2D eigenvalue weighted by molar-refractivity contribution is 0.959. The van der Waals surface area contributed by atoms with Gasteiger partial charge in [0, 0.05) is 24.6 Å². The Bertz CT molecular complexity index is 581. The topological polar surface area (TPSA) is 69.4 Å². The molecule has 0 bridgehead atoms. The largest absolute Gasteiger partial charge is 0.381 e. The van der Waals surface area contributed by atoms with E-state index >= 15 is 0 Å². The molecule has 3 rings (SSSR count). The maximum absolute atomic E-state index is 4.04. The molecule has 2 aromatic heterocycles. The molecular weight excluding hydrogens is 202 g/mol. The van der Waals surface area contributed by atoms with Gasteiger partial charge in [-0.3, -0.25) is 0 Å². The maximum Gasteiger partial charge on any atom is 0.115 e. The van der Waals surface area contributed by atoms with Gasteiger partial charge in [-0.1, -0.05) is 0 Å². The van der Waals surface area contributed by atoms with Crippen molar-refractivity contribution in [3.05, 3.63) is 42.2 Å². The number of fused-ring (bicyclic) bond motifs is 1. The molecule has 1 aromatic carbocycles. The fraction of sp³-hybridized carbons (Fsp3) is 0.0909. The highest BCUT2D eigenvalue weighted by Crippen LogP contribution is 2.15. The molecule has 80 valence electrons. The second-order valence-corrected chi connectivity index (χ2v) is 3.60. The number of benzene rings is 1. The van der Waals surface area contributed by atoms with Crippen molar-refractivity contribution in [2.45, 2.75) is 6.54 Å². The normalized spacial score (nSPS) is 10.8. The number of H-pyrrole nitrogens is 2. The second kappa shape index (κ2) is 3.69. The van der Waals surface area contributed by atoms with Crippen LogP contribution in [0.25, 0.3) is 11.0 Å². The van der Waals surface area contributed by atoms with E-state index in [1.165, 1.54) is 5.56 Å². The average Bonchev–Trinajstić information content (AvgIpc) is 2.97. The van der Waals surface area contributed by atoms with Crippen LogP contribution in [0.1, 0.15) is 5.56 Å². The van der Waals surface area contributed by atoms with Crippen LogP contribution in [0.4, 0.5) is 5.69 Å². The SMILES string of the molecule is c1cc(CNc2ccc3n[nH]nc3c2)c[nH]1. The lowest BCUT2D eigenvalue weighted by atomic mass is 10.2. The number of rotatable bonds is 3. The molecule has 0 unspecified atom stereocenters. The summed E-state index contributed by atoms with van der Waals surface area (Å²) in [6.07, 6.45) is 3.89. The fourth-order valence-corrected chi connectivity index (χ4v) is 1.62. The summed E-state index contributed by atoms with van der Waals surface area (Å²) in [4.78, 5) is 3.02. The highest BCUT2D eigenvalue weighted by atomic mass is 15.3. The average molecular weight is 213 g/mol. The molecule has 0 fully saturated rings. The van der Waals surface area contributed by atoms with Gasteiger partial charge in [0.2, 0.25) is 0 Å². The van der Waals surface area contributed by atoms with Gasteiger partial charge in [-0.25, -0.2) is 0 Å². The van der Waals surface area contributed by atoms with E-state index < -0.39 is 0 Å². The summed E-state index contributed by atoms with van der Waals surface area (Å²) in [5, 5.41) is 14.0. The molecule has 0 saturated carbocycles. The highest BCUT2D eigenvalue weighted by molar-refractivity contribution is 5.77. The van der Waals surface area contributed by atoms with Crippen LogP contribution in [0.3, 0.4) is 0 Å². The number of aromatic amines is 2. The van der Waals surface area contributed by atoms with Gasteiger partial charge in [0.15, 0.2) is 0 Å². The zero-order valence-corrected chi connectivity index (χ0v) is 8.57. The lowest BCUT2D eigenvalue weighted by Gasteiger charge is -2.03. The Morgan fingerprint density at radius 2 is 2.06 bits per heavy atom. The number of nitrogens with zero attached hydrogens (tertiary/aromatic N) is 2. The zero-order chi connectivity index (χ0) is 10.8. The predicted molar refractivity (Wildman–Crippen MR) is 62.0 cm³/mol. The first-order valence-corrected chi connectivity index (χ1v) is 5.08. The smallest absolute Gasteiger partial charge is 0.115 e. The summed E-state index contributed by atoms with van der Waals surface area (Å²) in [5.74, 6) is 0. The molecular formula is C11H11N5. The molecule has 0 amide bonds. The van der Waals surface area contributed by atoms with Crippen LogP contribution in [0.15, 0.2) is 36.7 Å². The summed E-state index contributed by atoms with van der Waals surface area (Å²) >= 11 is 0. The molecule has 0 radical (unpaired) electrons. The van der Waals surface area contributed by atoms with Gasteiger partial charge in [0.1, 0.15) is 11.0 Å². The standard InChI is InChI=1S/C11H11N5/c1-2-10-11(15-16-14-10)5-9(1)13-7-8-3-4-12-6-8/h1-6,12-13H,7H2,(H,14,15,16). The van der Waals surface area contributed by atoms with Crippen molar-refractivity contribution >= 4 is 16.7 Å².